The summed E-state index contributed by atoms with van der Waals surface area (Å²) in [6.45, 7) is 2.58. The van der Waals surface area contributed by atoms with E-state index in [1.807, 2.05) is 36.4 Å². The van der Waals surface area contributed by atoms with Gasteiger partial charge in [-0.25, -0.2) is 4.79 Å². The zero-order valence-corrected chi connectivity index (χ0v) is 18.3. The van der Waals surface area contributed by atoms with Crippen molar-refractivity contribution in [1.82, 2.24) is 14.8 Å². The maximum absolute atomic E-state index is 12.7. The summed E-state index contributed by atoms with van der Waals surface area (Å²) in [7, 11) is 2.09. The second kappa shape index (κ2) is 8.82. The molecule has 1 atom stereocenters. The number of fused-ring (bicyclic) bond motifs is 3. The third-order valence-electron chi connectivity index (χ3n) is 6.36. The Kier molecular flexibility index (Phi) is 5.72. The van der Waals surface area contributed by atoms with Crippen molar-refractivity contribution in [3.63, 3.8) is 0 Å². The topological polar surface area (TPSA) is 99.3 Å². The summed E-state index contributed by atoms with van der Waals surface area (Å²) in [5, 5.41) is 22.6. The van der Waals surface area contributed by atoms with Crippen molar-refractivity contribution in [2.24, 2.45) is 0 Å². The molecule has 170 valence electrons. The molecule has 2 N–H and O–H groups in total. The highest BCUT2D eigenvalue weighted by Gasteiger charge is 2.33. The lowest BCUT2D eigenvalue weighted by atomic mass is 9.89. The second-order valence-corrected chi connectivity index (χ2v) is 8.24. The van der Waals surface area contributed by atoms with Crippen LogP contribution in [0.3, 0.4) is 0 Å². The molecule has 1 saturated heterocycles. The fraction of sp³-hybridized carbons (Fsp3) is 0.280. The number of carbonyl (C=O) groups is 1. The number of piperazine rings is 1. The minimum absolute atomic E-state index is 0.0956. The highest BCUT2D eigenvalue weighted by Crippen LogP contribution is 2.46. The summed E-state index contributed by atoms with van der Waals surface area (Å²) < 4.78 is 10.8. The zero-order chi connectivity index (χ0) is 22.9. The van der Waals surface area contributed by atoms with E-state index in [0.29, 0.717) is 27.3 Å². The molecule has 1 fully saturated rings. The van der Waals surface area contributed by atoms with Crippen molar-refractivity contribution in [1.29, 1.82) is 0 Å². The van der Waals surface area contributed by atoms with Gasteiger partial charge in [-0.2, -0.15) is 0 Å². The van der Waals surface area contributed by atoms with E-state index in [-0.39, 0.29) is 17.4 Å². The third-order valence-corrected chi connectivity index (χ3v) is 6.36. The number of carbonyl (C=O) groups excluding carboxylic acids is 1. The molecule has 0 radical (unpaired) electrons. The van der Waals surface area contributed by atoms with Crippen LogP contribution in [0.4, 0.5) is 0 Å². The molecule has 4 aromatic rings. The van der Waals surface area contributed by atoms with Gasteiger partial charge in [-0.3, -0.25) is 9.88 Å². The average molecular weight is 447 g/mol. The number of ether oxygens (including phenoxy) is 1. The van der Waals surface area contributed by atoms with Crippen LogP contribution in [0.1, 0.15) is 27.5 Å². The number of phenolic OH excluding ortho intramolecular Hbond substituents is 1. The van der Waals surface area contributed by atoms with Crippen LogP contribution in [-0.4, -0.2) is 71.0 Å². The molecular formula is C25H25N3O5. The molecule has 2 aromatic heterocycles. The maximum atomic E-state index is 12.7. The minimum Gasteiger partial charge on any atom is -0.507 e. The van der Waals surface area contributed by atoms with E-state index < -0.39 is 12.8 Å². The quantitative estimate of drug-likeness (QED) is 0.356. The molecule has 1 unspecified atom stereocenters. The van der Waals surface area contributed by atoms with Gasteiger partial charge in [0.15, 0.2) is 6.79 Å². The van der Waals surface area contributed by atoms with Crippen LogP contribution in [0.15, 0.2) is 59.5 Å². The van der Waals surface area contributed by atoms with Gasteiger partial charge in [0.2, 0.25) is 0 Å². The van der Waals surface area contributed by atoms with E-state index in [4.69, 9.17) is 9.15 Å². The summed E-state index contributed by atoms with van der Waals surface area (Å²) in [4.78, 5) is 21.5. The van der Waals surface area contributed by atoms with Gasteiger partial charge in [0.05, 0.1) is 6.04 Å². The number of pyridine rings is 1. The van der Waals surface area contributed by atoms with Gasteiger partial charge >= 0.3 is 5.97 Å². The first-order valence-corrected chi connectivity index (χ1v) is 10.9. The molecule has 1 aliphatic heterocycles. The Labute approximate surface area is 190 Å². The van der Waals surface area contributed by atoms with Crippen LogP contribution < -0.4 is 0 Å². The van der Waals surface area contributed by atoms with Crippen LogP contribution in [0, 0.1) is 0 Å². The van der Waals surface area contributed by atoms with Gasteiger partial charge in [-0.15, -0.1) is 0 Å². The number of hydrogen-bond donors (Lipinski definition) is 2. The van der Waals surface area contributed by atoms with Gasteiger partial charge in [0.25, 0.3) is 0 Å². The Morgan fingerprint density at radius 3 is 2.52 bits per heavy atom. The Morgan fingerprint density at radius 2 is 1.82 bits per heavy atom. The van der Waals surface area contributed by atoms with Gasteiger partial charge in [0.1, 0.15) is 23.2 Å². The molecule has 0 bridgehead atoms. The van der Waals surface area contributed by atoms with Crippen LogP contribution >= 0.6 is 0 Å². The SMILES string of the molecule is CN1CCN(C(c2ccncc2)c2c(O)c3ccccc3c3occ(C(=O)OCO)c23)CC1. The molecule has 33 heavy (non-hydrogen) atoms. The first-order valence-electron chi connectivity index (χ1n) is 10.9. The predicted octanol–water partition coefficient (Wildman–Crippen LogP) is 3.13. The van der Waals surface area contributed by atoms with Gasteiger partial charge in [-0.05, 0) is 24.7 Å². The van der Waals surface area contributed by atoms with Crippen LogP contribution in [0.5, 0.6) is 5.75 Å². The van der Waals surface area contributed by atoms with Crippen LogP contribution in [-0.2, 0) is 4.74 Å². The Hall–Kier alpha value is -3.46. The van der Waals surface area contributed by atoms with E-state index in [2.05, 4.69) is 21.8 Å². The molecule has 3 heterocycles. The smallest absolute Gasteiger partial charge is 0.344 e. The number of aliphatic hydroxyl groups is 1. The number of aliphatic hydroxyl groups excluding tert-OH is 1. The number of phenols is 1. The van der Waals surface area contributed by atoms with Crippen LogP contribution in [0.25, 0.3) is 21.7 Å². The van der Waals surface area contributed by atoms with E-state index in [9.17, 15) is 15.0 Å². The number of benzene rings is 2. The normalized spacial score (nSPS) is 16.3. The van der Waals surface area contributed by atoms with Crippen molar-refractivity contribution in [3.05, 3.63) is 71.7 Å². The molecule has 0 saturated carbocycles. The molecule has 1 aliphatic rings. The molecule has 0 spiro atoms. The lowest BCUT2D eigenvalue weighted by Crippen LogP contribution is -2.46. The fourth-order valence-corrected chi connectivity index (χ4v) is 4.71. The second-order valence-electron chi connectivity index (χ2n) is 8.24. The lowest BCUT2D eigenvalue weighted by Gasteiger charge is -2.39. The molecule has 2 aromatic carbocycles. The van der Waals surface area contributed by atoms with E-state index in [1.165, 1.54) is 6.26 Å². The van der Waals surface area contributed by atoms with Gasteiger partial charge in [-0.1, -0.05) is 24.3 Å². The maximum Gasteiger partial charge on any atom is 0.344 e. The third kappa shape index (κ3) is 3.72. The monoisotopic (exact) mass is 447 g/mol. The summed E-state index contributed by atoms with van der Waals surface area (Å²) >= 11 is 0. The van der Waals surface area contributed by atoms with Gasteiger partial charge in [0, 0.05) is 60.3 Å². The summed E-state index contributed by atoms with van der Waals surface area (Å²) in [6.07, 6.45) is 4.79. The molecule has 0 aliphatic carbocycles. The number of furan rings is 1. The highest BCUT2D eigenvalue weighted by molar-refractivity contribution is 6.16. The van der Waals surface area contributed by atoms with Crippen molar-refractivity contribution in [3.8, 4) is 5.75 Å². The van der Waals surface area contributed by atoms with Crippen LogP contribution in [0.2, 0.25) is 0 Å². The number of rotatable bonds is 5. The Balaban J connectivity index is 1.83. The molecular weight excluding hydrogens is 422 g/mol. The molecule has 8 heteroatoms. The van der Waals surface area contributed by atoms with E-state index in [0.717, 1.165) is 31.7 Å². The predicted molar refractivity (Wildman–Crippen MR) is 123 cm³/mol. The highest BCUT2D eigenvalue weighted by atomic mass is 16.6. The van der Waals surface area contributed by atoms with Gasteiger partial charge < -0.3 is 24.3 Å². The fourth-order valence-electron chi connectivity index (χ4n) is 4.71. The van der Waals surface area contributed by atoms with Crippen molar-refractivity contribution >= 4 is 27.7 Å². The van der Waals surface area contributed by atoms with E-state index in [1.54, 1.807) is 12.4 Å². The van der Waals surface area contributed by atoms with Crippen molar-refractivity contribution in [2.75, 3.05) is 40.0 Å². The number of hydrogen-bond acceptors (Lipinski definition) is 8. The molecule has 8 nitrogen and oxygen atoms in total. The summed E-state index contributed by atoms with van der Waals surface area (Å²) in [6, 6.07) is 10.9. The number of likely N-dealkylation sites (N-methyl/N-ethyl adjacent to an activating group) is 1. The van der Waals surface area contributed by atoms with E-state index >= 15 is 0 Å². The van der Waals surface area contributed by atoms with Crippen molar-refractivity contribution in [2.45, 2.75) is 6.04 Å². The lowest BCUT2D eigenvalue weighted by molar-refractivity contribution is 0.00694. The minimum atomic E-state index is -0.743. The average Bonchev–Trinajstić information content (AvgIpc) is 3.28. The number of aromatic nitrogens is 1. The number of nitrogens with zero attached hydrogens (tertiary/aromatic N) is 3. The Bertz CT molecular complexity index is 1300. The number of aromatic hydroxyl groups is 1. The first kappa shape index (κ1) is 21.4. The molecule has 0 amide bonds. The summed E-state index contributed by atoms with van der Waals surface area (Å²) in [5.41, 5.74) is 2.20. The van der Waals surface area contributed by atoms with Crippen molar-refractivity contribution < 1.29 is 24.2 Å². The largest absolute Gasteiger partial charge is 0.507 e. The number of esters is 1. The first-order chi connectivity index (χ1) is 16.1. The Morgan fingerprint density at radius 1 is 1.12 bits per heavy atom. The standard InChI is InChI=1S/C25H25N3O5/c1-27-10-12-28(13-11-27)22(16-6-8-26-9-7-16)21-20-19(25(31)33-15-29)14-32-24(20)18-5-3-2-4-17(18)23(21)30/h2-9,14,22,29-30H,10-13,15H2,1H3. The zero-order valence-electron chi connectivity index (χ0n) is 18.3. The summed E-state index contributed by atoms with van der Waals surface area (Å²) in [5.74, 6) is -0.614. The molecule has 5 rings (SSSR count).